The molecule has 2 aromatic heterocycles. The van der Waals surface area contributed by atoms with E-state index in [2.05, 4.69) is 15.7 Å². The zero-order valence-corrected chi connectivity index (χ0v) is 14.5. The SMILES string of the molecule is Cn1nc(C(=O)NCC(=O)N2CCCCC2)cc1NC(=O)c1ccco1. The molecule has 2 aromatic rings. The number of nitrogens with zero attached hydrogens (tertiary/aromatic N) is 3. The number of carbonyl (C=O) groups excluding carboxylic acids is 3. The Morgan fingerprint density at radius 1 is 1.19 bits per heavy atom. The summed E-state index contributed by atoms with van der Waals surface area (Å²) in [7, 11) is 1.60. The number of likely N-dealkylation sites (tertiary alicyclic amines) is 1. The van der Waals surface area contributed by atoms with E-state index in [4.69, 9.17) is 4.42 Å². The summed E-state index contributed by atoms with van der Waals surface area (Å²) in [6, 6.07) is 4.59. The Kier molecular flexibility index (Phi) is 5.35. The Bertz CT molecular complexity index is 790. The molecule has 1 aliphatic rings. The van der Waals surface area contributed by atoms with Crippen LogP contribution in [0.5, 0.6) is 0 Å². The Hall–Kier alpha value is -3.10. The van der Waals surface area contributed by atoms with Gasteiger partial charge in [0.05, 0.1) is 12.8 Å². The van der Waals surface area contributed by atoms with Crippen molar-refractivity contribution in [2.24, 2.45) is 7.05 Å². The minimum absolute atomic E-state index is 0.0660. The fourth-order valence-corrected chi connectivity index (χ4v) is 2.78. The highest BCUT2D eigenvalue weighted by Gasteiger charge is 2.19. The fraction of sp³-hybridized carbons (Fsp3) is 0.412. The molecule has 1 aliphatic heterocycles. The summed E-state index contributed by atoms with van der Waals surface area (Å²) in [6.07, 6.45) is 4.53. The third-order valence-electron chi connectivity index (χ3n) is 4.21. The van der Waals surface area contributed by atoms with E-state index in [-0.39, 0.29) is 23.9 Å². The molecule has 0 atom stereocenters. The number of amides is 3. The van der Waals surface area contributed by atoms with Crippen LogP contribution in [-0.2, 0) is 11.8 Å². The highest BCUT2D eigenvalue weighted by molar-refractivity contribution is 6.02. The molecule has 9 nitrogen and oxygen atoms in total. The number of aryl methyl sites for hydroxylation is 1. The van der Waals surface area contributed by atoms with Gasteiger partial charge < -0.3 is 20.0 Å². The fourth-order valence-electron chi connectivity index (χ4n) is 2.78. The van der Waals surface area contributed by atoms with Crippen LogP contribution in [0.2, 0.25) is 0 Å². The van der Waals surface area contributed by atoms with E-state index in [0.717, 1.165) is 32.4 Å². The molecule has 1 fully saturated rings. The first kappa shape index (κ1) is 17.7. The lowest BCUT2D eigenvalue weighted by Gasteiger charge is -2.26. The van der Waals surface area contributed by atoms with Crippen molar-refractivity contribution in [1.82, 2.24) is 20.0 Å². The Balaban J connectivity index is 1.56. The van der Waals surface area contributed by atoms with Crippen molar-refractivity contribution in [2.45, 2.75) is 19.3 Å². The molecule has 3 rings (SSSR count). The molecular formula is C17H21N5O4. The van der Waals surface area contributed by atoms with E-state index in [1.165, 1.54) is 23.1 Å². The quantitative estimate of drug-likeness (QED) is 0.828. The number of aromatic nitrogens is 2. The second-order valence-electron chi connectivity index (χ2n) is 6.09. The van der Waals surface area contributed by atoms with Gasteiger partial charge in [0.25, 0.3) is 11.8 Å². The first-order valence-electron chi connectivity index (χ1n) is 8.49. The van der Waals surface area contributed by atoms with Gasteiger partial charge in [-0.05, 0) is 31.4 Å². The van der Waals surface area contributed by atoms with Gasteiger partial charge in [0, 0.05) is 26.2 Å². The molecule has 0 unspecified atom stereocenters. The van der Waals surface area contributed by atoms with E-state index in [1.807, 2.05) is 0 Å². The van der Waals surface area contributed by atoms with Gasteiger partial charge in [0.2, 0.25) is 5.91 Å². The van der Waals surface area contributed by atoms with Crippen molar-refractivity contribution < 1.29 is 18.8 Å². The first-order valence-corrected chi connectivity index (χ1v) is 8.49. The van der Waals surface area contributed by atoms with Crippen LogP contribution >= 0.6 is 0 Å². The number of furan rings is 1. The maximum absolute atomic E-state index is 12.2. The van der Waals surface area contributed by atoms with Gasteiger partial charge in [-0.15, -0.1) is 0 Å². The second-order valence-corrected chi connectivity index (χ2v) is 6.09. The predicted molar refractivity (Wildman–Crippen MR) is 92.6 cm³/mol. The molecule has 26 heavy (non-hydrogen) atoms. The molecule has 9 heteroatoms. The molecule has 3 heterocycles. The number of nitrogens with one attached hydrogen (secondary N) is 2. The zero-order valence-electron chi connectivity index (χ0n) is 14.5. The van der Waals surface area contributed by atoms with Gasteiger partial charge in [-0.25, -0.2) is 0 Å². The number of piperidine rings is 1. The summed E-state index contributed by atoms with van der Waals surface area (Å²) in [5, 5.41) is 9.27. The van der Waals surface area contributed by atoms with Gasteiger partial charge in [-0.3, -0.25) is 19.1 Å². The molecule has 138 valence electrons. The van der Waals surface area contributed by atoms with Gasteiger partial charge in [0.1, 0.15) is 5.82 Å². The van der Waals surface area contributed by atoms with E-state index in [9.17, 15) is 14.4 Å². The molecule has 2 N–H and O–H groups in total. The van der Waals surface area contributed by atoms with Crippen LogP contribution in [0.3, 0.4) is 0 Å². The lowest BCUT2D eigenvalue weighted by atomic mass is 10.1. The predicted octanol–water partition coefficient (Wildman–Crippen LogP) is 1.01. The van der Waals surface area contributed by atoms with Crippen LogP contribution in [-0.4, -0.2) is 52.0 Å². The standard InChI is InChI=1S/C17H21N5O4/c1-21-14(19-17(25)13-6-5-9-26-13)10-12(20-21)16(24)18-11-15(23)22-7-3-2-4-8-22/h5-6,9-10H,2-4,7-8,11H2,1H3,(H,18,24)(H,19,25). The smallest absolute Gasteiger partial charge is 0.292 e. The van der Waals surface area contributed by atoms with Crippen molar-refractivity contribution in [2.75, 3.05) is 25.0 Å². The summed E-state index contributed by atoms with van der Waals surface area (Å²) in [5.74, 6) is -0.502. The van der Waals surface area contributed by atoms with E-state index in [0.29, 0.717) is 5.82 Å². The lowest BCUT2D eigenvalue weighted by Crippen LogP contribution is -2.42. The number of carbonyl (C=O) groups is 3. The van der Waals surface area contributed by atoms with Crippen molar-refractivity contribution in [3.63, 3.8) is 0 Å². The number of rotatable bonds is 5. The van der Waals surface area contributed by atoms with Crippen molar-refractivity contribution in [3.8, 4) is 0 Å². The summed E-state index contributed by atoms with van der Waals surface area (Å²) in [4.78, 5) is 38.1. The molecule has 0 bridgehead atoms. The maximum atomic E-state index is 12.2. The van der Waals surface area contributed by atoms with Crippen molar-refractivity contribution in [3.05, 3.63) is 35.9 Å². The molecule has 0 radical (unpaired) electrons. The minimum Gasteiger partial charge on any atom is -0.459 e. The average molecular weight is 359 g/mol. The second kappa shape index (κ2) is 7.85. The molecule has 0 aliphatic carbocycles. The highest BCUT2D eigenvalue weighted by atomic mass is 16.3. The van der Waals surface area contributed by atoms with Gasteiger partial charge in [0.15, 0.2) is 11.5 Å². The minimum atomic E-state index is -0.468. The van der Waals surface area contributed by atoms with Crippen LogP contribution in [0.1, 0.15) is 40.3 Å². The lowest BCUT2D eigenvalue weighted by molar-refractivity contribution is -0.130. The van der Waals surface area contributed by atoms with Gasteiger partial charge in [-0.2, -0.15) is 5.10 Å². The summed E-state index contributed by atoms with van der Waals surface area (Å²) < 4.78 is 6.40. The Morgan fingerprint density at radius 2 is 1.96 bits per heavy atom. The number of hydrogen-bond acceptors (Lipinski definition) is 5. The highest BCUT2D eigenvalue weighted by Crippen LogP contribution is 2.12. The van der Waals surface area contributed by atoms with Crippen molar-refractivity contribution >= 4 is 23.5 Å². The summed E-state index contributed by atoms with van der Waals surface area (Å²) in [5.41, 5.74) is 0.119. The molecular weight excluding hydrogens is 338 g/mol. The monoisotopic (exact) mass is 359 g/mol. The summed E-state index contributed by atoms with van der Waals surface area (Å²) in [6.45, 7) is 1.41. The summed E-state index contributed by atoms with van der Waals surface area (Å²) >= 11 is 0. The van der Waals surface area contributed by atoms with Crippen LogP contribution in [0.15, 0.2) is 28.9 Å². The maximum Gasteiger partial charge on any atom is 0.292 e. The van der Waals surface area contributed by atoms with Crippen LogP contribution in [0, 0.1) is 0 Å². The first-order chi connectivity index (χ1) is 12.5. The topological polar surface area (TPSA) is 109 Å². The van der Waals surface area contributed by atoms with Gasteiger partial charge in [-0.1, -0.05) is 0 Å². The molecule has 3 amide bonds. The van der Waals surface area contributed by atoms with E-state index < -0.39 is 11.8 Å². The van der Waals surface area contributed by atoms with Crippen molar-refractivity contribution in [1.29, 1.82) is 0 Å². The molecule has 0 aromatic carbocycles. The Labute approximate surface area is 150 Å². The van der Waals surface area contributed by atoms with E-state index >= 15 is 0 Å². The van der Waals surface area contributed by atoms with Crippen LogP contribution in [0.4, 0.5) is 5.82 Å². The molecule has 0 saturated carbocycles. The molecule has 0 spiro atoms. The zero-order chi connectivity index (χ0) is 18.5. The number of hydrogen-bond donors (Lipinski definition) is 2. The normalized spacial score (nSPS) is 14.1. The van der Waals surface area contributed by atoms with Crippen LogP contribution in [0.25, 0.3) is 0 Å². The Morgan fingerprint density at radius 3 is 2.65 bits per heavy atom. The number of anilines is 1. The van der Waals surface area contributed by atoms with Gasteiger partial charge >= 0.3 is 0 Å². The third kappa shape index (κ3) is 4.11. The van der Waals surface area contributed by atoms with E-state index in [1.54, 1.807) is 18.0 Å². The largest absolute Gasteiger partial charge is 0.459 e. The third-order valence-corrected chi connectivity index (χ3v) is 4.21. The molecule has 1 saturated heterocycles. The van der Waals surface area contributed by atoms with Crippen LogP contribution < -0.4 is 10.6 Å². The average Bonchev–Trinajstić information content (AvgIpc) is 3.31.